The van der Waals surface area contributed by atoms with Crippen LogP contribution in [0.15, 0.2) is 0 Å². The summed E-state index contributed by atoms with van der Waals surface area (Å²) in [4.78, 5) is 13.1. The van der Waals surface area contributed by atoms with Gasteiger partial charge in [-0.3, -0.25) is 4.79 Å². The maximum absolute atomic E-state index is 13.1. The molecule has 0 aromatic carbocycles. The van der Waals surface area contributed by atoms with Crippen LogP contribution in [0.4, 0.5) is 0 Å². The minimum atomic E-state index is -1.73. The lowest BCUT2D eigenvalue weighted by Gasteiger charge is -2.58. The number of hydrogen-bond acceptors (Lipinski definition) is 3. The van der Waals surface area contributed by atoms with Gasteiger partial charge in [0, 0.05) is 18.4 Å². The molecule has 0 aliphatic heterocycles. The van der Waals surface area contributed by atoms with Gasteiger partial charge in [-0.25, -0.2) is 0 Å². The van der Waals surface area contributed by atoms with Crippen LogP contribution in [-0.2, 0) is 13.6 Å². The number of ketones is 1. The summed E-state index contributed by atoms with van der Waals surface area (Å²) in [6, 6.07) is 3.59. The minimum Gasteiger partial charge on any atom is -0.417 e. The van der Waals surface area contributed by atoms with E-state index in [-0.39, 0.29) is 15.9 Å². The number of rotatable bonds is 10. The zero-order valence-electron chi connectivity index (χ0n) is 23.2. The highest BCUT2D eigenvalue weighted by molar-refractivity contribution is 6.74. The van der Waals surface area contributed by atoms with Crippen molar-refractivity contribution < 1.29 is 13.6 Å². The SMILES string of the molecule is CC[Si](CC)(CC)O[C@@H]1CC[C@]2(C)C(=O)CCC[C@H]2[C@]1(C)CCCO[Si](C)(C)C(C)(C)C. The lowest BCUT2D eigenvalue weighted by atomic mass is 9.49. The van der Waals surface area contributed by atoms with Gasteiger partial charge in [-0.1, -0.05) is 55.4 Å². The number of fused-ring (bicyclic) bond motifs is 1. The summed E-state index contributed by atoms with van der Waals surface area (Å²) in [7, 11) is -3.43. The van der Waals surface area contributed by atoms with E-state index in [0.717, 1.165) is 45.1 Å². The zero-order valence-corrected chi connectivity index (χ0v) is 25.2. The average molecular weight is 483 g/mol. The van der Waals surface area contributed by atoms with E-state index in [0.29, 0.717) is 17.8 Å². The quantitative estimate of drug-likeness (QED) is 0.232. The summed E-state index contributed by atoms with van der Waals surface area (Å²) in [6.45, 7) is 24.2. The molecule has 0 N–H and O–H groups in total. The molecule has 188 valence electrons. The van der Waals surface area contributed by atoms with Crippen LogP contribution in [0.5, 0.6) is 0 Å². The van der Waals surface area contributed by atoms with Crippen molar-refractivity contribution in [3.05, 3.63) is 0 Å². The van der Waals surface area contributed by atoms with Gasteiger partial charge in [0.05, 0.1) is 6.10 Å². The van der Waals surface area contributed by atoms with Crippen molar-refractivity contribution in [2.45, 2.75) is 143 Å². The third-order valence-electron chi connectivity index (χ3n) is 10.2. The van der Waals surface area contributed by atoms with E-state index in [9.17, 15) is 4.79 Å². The van der Waals surface area contributed by atoms with Crippen LogP contribution in [0.1, 0.15) is 100 Å². The second-order valence-electron chi connectivity index (χ2n) is 12.9. The Morgan fingerprint density at radius 3 is 2.16 bits per heavy atom. The molecule has 0 aromatic rings. The lowest BCUT2D eigenvalue weighted by Crippen LogP contribution is -2.59. The highest BCUT2D eigenvalue weighted by atomic mass is 28.4. The Bertz CT molecular complexity index is 629. The Morgan fingerprint density at radius 1 is 1.03 bits per heavy atom. The molecule has 2 rings (SSSR count). The molecule has 0 bridgehead atoms. The molecule has 0 radical (unpaired) electrons. The predicted molar refractivity (Wildman–Crippen MR) is 142 cm³/mol. The fourth-order valence-electron chi connectivity index (χ4n) is 6.45. The number of carbonyl (C=O) groups excluding carboxylic acids is 1. The maximum atomic E-state index is 13.1. The number of carbonyl (C=O) groups is 1. The van der Waals surface area contributed by atoms with Crippen molar-refractivity contribution in [3.8, 4) is 0 Å². The second-order valence-corrected chi connectivity index (χ2v) is 22.4. The van der Waals surface area contributed by atoms with E-state index in [1.807, 2.05) is 0 Å². The first-order valence-corrected chi connectivity index (χ1v) is 19.0. The van der Waals surface area contributed by atoms with Crippen LogP contribution in [0, 0.1) is 16.7 Å². The van der Waals surface area contributed by atoms with Crippen LogP contribution < -0.4 is 0 Å². The Balaban J connectivity index is 2.25. The highest BCUT2D eigenvalue weighted by Gasteiger charge is 2.58. The van der Waals surface area contributed by atoms with E-state index >= 15 is 0 Å². The third-order valence-corrected chi connectivity index (χ3v) is 19.4. The van der Waals surface area contributed by atoms with Crippen LogP contribution in [0.3, 0.4) is 0 Å². The van der Waals surface area contributed by atoms with Crippen molar-refractivity contribution in [2.75, 3.05) is 6.61 Å². The molecule has 2 fully saturated rings. The molecule has 5 heteroatoms. The Kier molecular flexibility index (Phi) is 9.13. The van der Waals surface area contributed by atoms with Gasteiger partial charge < -0.3 is 8.85 Å². The van der Waals surface area contributed by atoms with Gasteiger partial charge in [0.1, 0.15) is 5.78 Å². The molecule has 2 aliphatic rings. The second kappa shape index (κ2) is 10.3. The largest absolute Gasteiger partial charge is 0.417 e. The van der Waals surface area contributed by atoms with Gasteiger partial charge in [0.25, 0.3) is 0 Å². The van der Waals surface area contributed by atoms with Gasteiger partial charge in [0.15, 0.2) is 16.6 Å². The topological polar surface area (TPSA) is 35.5 Å². The Morgan fingerprint density at radius 2 is 1.62 bits per heavy atom. The molecule has 0 unspecified atom stereocenters. The van der Waals surface area contributed by atoms with E-state index in [2.05, 4.69) is 68.5 Å². The third kappa shape index (κ3) is 5.47. The van der Waals surface area contributed by atoms with Crippen molar-refractivity contribution in [3.63, 3.8) is 0 Å². The Hall–Kier alpha value is 0.0238. The summed E-state index contributed by atoms with van der Waals surface area (Å²) in [5, 5.41) is 0.246. The van der Waals surface area contributed by atoms with Gasteiger partial charge in [-0.05, 0) is 86.1 Å². The van der Waals surface area contributed by atoms with Gasteiger partial charge in [0.2, 0.25) is 0 Å². The molecule has 32 heavy (non-hydrogen) atoms. The van der Waals surface area contributed by atoms with Crippen LogP contribution >= 0.6 is 0 Å². The smallest absolute Gasteiger partial charge is 0.192 e. The molecule has 0 aromatic heterocycles. The summed E-state index contributed by atoms with van der Waals surface area (Å²) >= 11 is 0. The zero-order chi connectivity index (χ0) is 24.4. The van der Waals surface area contributed by atoms with Gasteiger partial charge >= 0.3 is 0 Å². The number of hydrogen-bond donors (Lipinski definition) is 0. The lowest BCUT2D eigenvalue weighted by molar-refractivity contribution is -0.156. The molecule has 3 nitrogen and oxygen atoms in total. The normalized spacial score (nSPS) is 32.1. The molecule has 0 spiro atoms. The first kappa shape index (κ1) is 28.3. The molecule has 0 amide bonds. The standard InChI is InChI=1S/C27H54O3Si2/c1-11-32(12-2,13-3)30-24-18-20-26(7)22(16-14-17-23(26)28)27(24,8)19-15-21-29-31(9,10)25(4,5)6/h22,24H,11-21H2,1-10H3/t22-,24-,26+,27+/m1/s1. The minimum absolute atomic E-state index is 0.0671. The first-order chi connectivity index (χ1) is 14.7. The van der Waals surface area contributed by atoms with Crippen LogP contribution in [0.25, 0.3) is 0 Å². The van der Waals surface area contributed by atoms with Crippen molar-refractivity contribution in [1.82, 2.24) is 0 Å². The van der Waals surface area contributed by atoms with Crippen LogP contribution in [0.2, 0.25) is 36.3 Å². The first-order valence-electron chi connectivity index (χ1n) is 13.6. The van der Waals surface area contributed by atoms with Crippen molar-refractivity contribution in [1.29, 1.82) is 0 Å². The fraction of sp³-hybridized carbons (Fsp3) is 0.963. The summed E-state index contributed by atoms with van der Waals surface area (Å²) in [5.74, 6) is 0.959. The van der Waals surface area contributed by atoms with E-state index < -0.39 is 16.6 Å². The maximum Gasteiger partial charge on any atom is 0.192 e. The van der Waals surface area contributed by atoms with E-state index in [1.54, 1.807) is 0 Å². The summed E-state index contributed by atoms with van der Waals surface area (Å²) in [6.07, 6.45) is 7.56. The monoisotopic (exact) mass is 482 g/mol. The van der Waals surface area contributed by atoms with E-state index in [1.165, 1.54) is 24.6 Å². The Labute approximate surface area is 202 Å². The van der Waals surface area contributed by atoms with Gasteiger partial charge in [-0.15, -0.1) is 0 Å². The number of Topliss-reactive ketones (excluding diaryl/α,β-unsaturated/α-hetero) is 1. The van der Waals surface area contributed by atoms with E-state index in [4.69, 9.17) is 8.85 Å². The average Bonchev–Trinajstić information content (AvgIpc) is 2.72. The summed E-state index contributed by atoms with van der Waals surface area (Å²) in [5.41, 5.74) is -0.0837. The fourth-order valence-corrected chi connectivity index (χ4v) is 10.5. The van der Waals surface area contributed by atoms with Gasteiger partial charge in [-0.2, -0.15) is 0 Å². The molecule has 2 saturated carbocycles. The van der Waals surface area contributed by atoms with Crippen molar-refractivity contribution in [2.24, 2.45) is 16.7 Å². The van der Waals surface area contributed by atoms with Crippen LogP contribution in [-0.4, -0.2) is 35.1 Å². The molecule has 2 aliphatic carbocycles. The highest BCUT2D eigenvalue weighted by Crippen LogP contribution is 2.59. The molecule has 4 atom stereocenters. The molecule has 0 heterocycles. The predicted octanol–water partition coefficient (Wildman–Crippen LogP) is 8.35. The molecular weight excluding hydrogens is 428 g/mol. The molecular formula is C27H54O3Si2. The summed E-state index contributed by atoms with van der Waals surface area (Å²) < 4.78 is 13.8. The van der Waals surface area contributed by atoms with Crippen molar-refractivity contribution >= 4 is 22.4 Å². The molecule has 0 saturated heterocycles.